The maximum Gasteiger partial charge on any atom is 0.572 e. The van der Waals surface area contributed by atoms with E-state index in [1.807, 2.05) is 0 Å². The minimum absolute atomic E-state index is 0.160. The van der Waals surface area contributed by atoms with Crippen LogP contribution in [0.15, 0.2) is 93.5 Å². The maximum absolute atomic E-state index is 13.4. The van der Waals surface area contributed by atoms with Gasteiger partial charge in [-0.05, 0) is 60.7 Å². The van der Waals surface area contributed by atoms with E-state index in [4.69, 9.17) is 0 Å². The third kappa shape index (κ3) is 5.43. The van der Waals surface area contributed by atoms with Crippen LogP contribution in [0, 0.1) is 0 Å². The molecule has 1 N–H and O–H groups in total. The van der Waals surface area contributed by atoms with Crippen LogP contribution in [0.4, 0.5) is 39.5 Å². The SMILES string of the molecule is O=S(=O)([OH+]S(c1ccccc1)(c1ccc(C(F)(F)F)cc1)c1ccc(C(F)(F)F)cc1)C(F)(F)F. The van der Waals surface area contributed by atoms with Gasteiger partial charge in [-0.25, -0.2) is 0 Å². The van der Waals surface area contributed by atoms with Gasteiger partial charge in [-0.15, -0.1) is 8.42 Å². The molecule has 3 aromatic rings. The fourth-order valence-electron chi connectivity index (χ4n) is 3.03. The Morgan fingerprint density at radius 1 is 0.514 bits per heavy atom. The number of hydrogen-bond donors (Lipinski definition) is 0. The summed E-state index contributed by atoms with van der Waals surface area (Å²) < 4.78 is 146. The van der Waals surface area contributed by atoms with Crippen molar-refractivity contribution in [2.24, 2.45) is 0 Å². The molecule has 0 spiro atoms. The highest BCUT2D eigenvalue weighted by Crippen LogP contribution is 2.69. The molecule has 3 nitrogen and oxygen atoms in total. The molecule has 0 bridgehead atoms. The molecule has 0 heterocycles. The van der Waals surface area contributed by atoms with E-state index in [1.165, 1.54) is 30.3 Å². The topological polar surface area (TPSA) is 46.9 Å². The van der Waals surface area contributed by atoms with Crippen LogP contribution >= 0.6 is 10.3 Å². The first kappa shape index (κ1) is 26.9. The number of alkyl halides is 9. The van der Waals surface area contributed by atoms with E-state index in [2.05, 4.69) is 3.63 Å². The summed E-state index contributed by atoms with van der Waals surface area (Å²) in [4.78, 5) is -0.902. The summed E-state index contributed by atoms with van der Waals surface area (Å²) in [5.41, 5.74) is -8.22. The Morgan fingerprint density at radius 2 is 0.857 bits per heavy atom. The van der Waals surface area contributed by atoms with E-state index in [0.29, 0.717) is 24.3 Å². The largest absolute Gasteiger partial charge is 0.572 e. The quantitative estimate of drug-likeness (QED) is 0.141. The van der Waals surface area contributed by atoms with Gasteiger partial charge in [-0.2, -0.15) is 39.5 Å². The third-order valence-electron chi connectivity index (χ3n) is 4.63. The Morgan fingerprint density at radius 3 is 1.17 bits per heavy atom. The van der Waals surface area contributed by atoms with Crippen LogP contribution in [-0.2, 0) is 22.5 Å². The minimum Gasteiger partial charge on any atom is -0.255 e. The molecule has 0 fully saturated rings. The van der Waals surface area contributed by atoms with Crippen molar-refractivity contribution in [2.75, 3.05) is 0 Å². The van der Waals surface area contributed by atoms with Gasteiger partial charge in [0, 0.05) is 0 Å². The van der Waals surface area contributed by atoms with Crippen LogP contribution in [-0.4, -0.2) is 17.6 Å². The molecule has 0 saturated carbocycles. The predicted molar refractivity (Wildman–Crippen MR) is 109 cm³/mol. The molecule has 0 aliphatic heterocycles. The van der Waals surface area contributed by atoms with Crippen LogP contribution in [0.2, 0.25) is 0 Å². The van der Waals surface area contributed by atoms with E-state index in [-0.39, 0.29) is 14.7 Å². The lowest BCUT2D eigenvalue weighted by atomic mass is 10.2. The van der Waals surface area contributed by atoms with Crippen LogP contribution in [0.5, 0.6) is 0 Å². The number of hydrogen-bond acceptors (Lipinski definition) is 2. The van der Waals surface area contributed by atoms with Crippen molar-refractivity contribution in [3.8, 4) is 0 Å². The van der Waals surface area contributed by atoms with Crippen LogP contribution in [0.25, 0.3) is 0 Å². The van der Waals surface area contributed by atoms with Crippen molar-refractivity contribution in [3.05, 3.63) is 90.0 Å². The Labute approximate surface area is 194 Å². The maximum atomic E-state index is 13.4. The molecule has 0 aromatic heterocycles. The zero-order valence-corrected chi connectivity index (χ0v) is 18.6. The van der Waals surface area contributed by atoms with Crippen molar-refractivity contribution < 1.29 is 51.6 Å². The summed E-state index contributed by atoms with van der Waals surface area (Å²) in [5.74, 6) is 0. The average molecular weight is 549 g/mol. The first-order valence-corrected chi connectivity index (χ1v) is 12.3. The Bertz CT molecular complexity index is 1210. The second kappa shape index (κ2) is 9.06. The molecule has 0 aliphatic carbocycles. The van der Waals surface area contributed by atoms with Crippen LogP contribution in [0.3, 0.4) is 0 Å². The summed E-state index contributed by atoms with van der Waals surface area (Å²) in [6.45, 7) is 0. The molecular weight excluding hydrogens is 535 g/mol. The zero-order valence-electron chi connectivity index (χ0n) is 17.0. The lowest BCUT2D eigenvalue weighted by Crippen LogP contribution is -2.30. The molecule has 190 valence electrons. The van der Waals surface area contributed by atoms with Gasteiger partial charge in [0.2, 0.25) is 0 Å². The molecule has 0 saturated heterocycles. The van der Waals surface area contributed by atoms with Gasteiger partial charge in [0.1, 0.15) is 0 Å². The normalized spacial score (nSPS) is 14.1. The second-order valence-corrected chi connectivity index (χ2v) is 11.5. The predicted octanol–water partition coefficient (Wildman–Crippen LogP) is 7.86. The smallest absolute Gasteiger partial charge is 0.255 e. The Hall–Kier alpha value is -2.71. The van der Waals surface area contributed by atoms with Crippen LogP contribution < -0.4 is 0 Å². The number of rotatable bonds is 5. The average Bonchev–Trinajstić information content (AvgIpc) is 2.76. The molecule has 0 amide bonds. The Balaban J connectivity index is 2.38. The van der Waals surface area contributed by atoms with Crippen molar-refractivity contribution in [1.29, 1.82) is 0 Å². The van der Waals surface area contributed by atoms with Crippen molar-refractivity contribution in [3.63, 3.8) is 0 Å². The standard InChI is InChI=1S/C21H13F9O3S2/c22-19(23,24)14-6-10-17(11-7-14)34(16-4-2-1-3-5-16,33-35(31,32)21(28,29)30)18-12-8-15(9-13-18)20(25,26)27/h1-13H/p+1. The zero-order chi connectivity index (χ0) is 26.3. The first-order chi connectivity index (χ1) is 16.0. The summed E-state index contributed by atoms with van der Waals surface area (Å²) in [6, 6.07) is 11.6. The fraction of sp³-hybridized carbons (Fsp3) is 0.143. The lowest BCUT2D eigenvalue weighted by Gasteiger charge is -2.35. The van der Waals surface area contributed by atoms with Crippen molar-refractivity contribution >= 4 is 20.4 Å². The van der Waals surface area contributed by atoms with E-state index in [9.17, 15) is 47.9 Å². The summed E-state index contributed by atoms with van der Waals surface area (Å²) in [6.07, 6.45) is -9.63. The van der Waals surface area contributed by atoms with Gasteiger partial charge >= 0.3 is 28.0 Å². The molecular formula is C21H14F9O3S2+. The minimum atomic E-state index is -6.26. The summed E-state index contributed by atoms with van der Waals surface area (Å²) >= 11 is 0. The molecule has 0 radical (unpaired) electrons. The number of halogens is 9. The third-order valence-corrected chi connectivity index (χ3v) is 9.76. The van der Waals surface area contributed by atoms with E-state index in [0.717, 1.165) is 24.3 Å². The highest BCUT2D eigenvalue weighted by atomic mass is 32.3. The Kier molecular flexibility index (Phi) is 6.96. The lowest BCUT2D eigenvalue weighted by molar-refractivity contribution is -0.138. The van der Waals surface area contributed by atoms with Crippen LogP contribution in [0.1, 0.15) is 11.1 Å². The summed E-state index contributed by atoms with van der Waals surface area (Å²) in [5, 5.41) is 0. The highest BCUT2D eigenvalue weighted by Gasteiger charge is 2.58. The molecule has 0 aliphatic rings. The van der Waals surface area contributed by atoms with E-state index >= 15 is 0 Å². The molecule has 3 aromatic carbocycles. The highest BCUT2D eigenvalue weighted by molar-refractivity contribution is 8.32. The molecule has 0 atom stereocenters. The van der Waals surface area contributed by atoms with E-state index in [1.54, 1.807) is 0 Å². The van der Waals surface area contributed by atoms with Crippen molar-refractivity contribution in [2.45, 2.75) is 32.5 Å². The molecule has 35 heavy (non-hydrogen) atoms. The fourth-order valence-corrected chi connectivity index (χ4v) is 8.00. The van der Waals surface area contributed by atoms with E-state index < -0.39 is 49.4 Å². The van der Waals surface area contributed by atoms with Crippen molar-refractivity contribution in [1.82, 2.24) is 0 Å². The molecule has 3 rings (SSSR count). The van der Waals surface area contributed by atoms with Gasteiger partial charge in [0.25, 0.3) is 0 Å². The monoisotopic (exact) mass is 549 g/mol. The van der Waals surface area contributed by atoms with Gasteiger partial charge in [-0.3, -0.25) is 3.63 Å². The number of benzene rings is 3. The van der Waals surface area contributed by atoms with Gasteiger partial charge in [0.05, 0.1) is 36.1 Å². The van der Waals surface area contributed by atoms with Gasteiger partial charge in [-0.1, -0.05) is 18.2 Å². The van der Waals surface area contributed by atoms with Gasteiger partial charge < -0.3 is 0 Å². The second-order valence-electron chi connectivity index (χ2n) is 6.93. The van der Waals surface area contributed by atoms with Gasteiger partial charge in [0.15, 0.2) is 0 Å². The first-order valence-electron chi connectivity index (χ1n) is 9.27. The summed E-state index contributed by atoms with van der Waals surface area (Å²) in [7, 11) is -10.2. The molecule has 14 heteroatoms. The molecule has 0 unspecified atom stereocenters.